The number of amides is 1. The van der Waals surface area contributed by atoms with E-state index in [1.807, 2.05) is 0 Å². The topological polar surface area (TPSA) is 64.1 Å². The molecule has 0 saturated carbocycles. The zero-order valence-electron chi connectivity index (χ0n) is 9.69. The average molecular weight is 223 g/mol. The highest BCUT2D eigenvalue weighted by Gasteiger charge is 2.01. The Morgan fingerprint density at radius 1 is 1.50 bits per heavy atom. The minimum Gasteiger partial charge on any atom is -0.463 e. The Bertz CT molecular complexity index is 342. The van der Waals surface area contributed by atoms with Crippen LogP contribution < -0.4 is 10.1 Å². The van der Waals surface area contributed by atoms with Crippen molar-refractivity contribution < 1.29 is 9.53 Å². The molecular weight excluding hydrogens is 206 g/mol. The molecule has 16 heavy (non-hydrogen) atoms. The van der Waals surface area contributed by atoms with Crippen molar-refractivity contribution in [3.05, 3.63) is 12.3 Å². The molecule has 0 unspecified atom stereocenters. The number of unbranched alkanes of at least 4 members (excludes halogenated alkanes) is 2. The van der Waals surface area contributed by atoms with Crippen LogP contribution in [0.4, 0.5) is 5.82 Å². The fraction of sp³-hybridized carbons (Fsp3) is 0.545. The SMILES string of the molecule is CCCCCOc1nccc(NC(C)=O)n1. The molecule has 1 amide bonds. The van der Waals surface area contributed by atoms with Crippen LogP contribution in [-0.4, -0.2) is 22.5 Å². The van der Waals surface area contributed by atoms with E-state index in [0.29, 0.717) is 18.4 Å². The highest BCUT2D eigenvalue weighted by atomic mass is 16.5. The van der Waals surface area contributed by atoms with Crippen LogP contribution >= 0.6 is 0 Å². The van der Waals surface area contributed by atoms with E-state index in [-0.39, 0.29) is 5.91 Å². The van der Waals surface area contributed by atoms with Crippen molar-refractivity contribution in [2.24, 2.45) is 0 Å². The van der Waals surface area contributed by atoms with Gasteiger partial charge < -0.3 is 10.1 Å². The molecule has 0 bridgehead atoms. The Balaban J connectivity index is 2.44. The number of ether oxygens (including phenoxy) is 1. The number of carbonyl (C=O) groups excluding carboxylic acids is 1. The first-order valence-electron chi connectivity index (χ1n) is 5.46. The van der Waals surface area contributed by atoms with Gasteiger partial charge in [-0.2, -0.15) is 4.98 Å². The second-order valence-corrected chi connectivity index (χ2v) is 3.46. The average Bonchev–Trinajstić information content (AvgIpc) is 2.24. The number of carbonyl (C=O) groups is 1. The van der Waals surface area contributed by atoms with Crippen molar-refractivity contribution in [1.29, 1.82) is 0 Å². The Kier molecular flexibility index (Phi) is 5.25. The molecule has 1 rings (SSSR count). The van der Waals surface area contributed by atoms with Gasteiger partial charge in [0.2, 0.25) is 5.91 Å². The third-order valence-corrected chi connectivity index (χ3v) is 1.92. The molecule has 1 aromatic rings. The van der Waals surface area contributed by atoms with Crippen LogP contribution in [-0.2, 0) is 4.79 Å². The van der Waals surface area contributed by atoms with Crippen LogP contribution in [0.3, 0.4) is 0 Å². The smallest absolute Gasteiger partial charge is 0.318 e. The number of nitrogens with zero attached hydrogens (tertiary/aromatic N) is 2. The summed E-state index contributed by atoms with van der Waals surface area (Å²) in [5.74, 6) is 0.309. The van der Waals surface area contributed by atoms with E-state index in [1.54, 1.807) is 12.3 Å². The molecule has 0 atom stereocenters. The third-order valence-electron chi connectivity index (χ3n) is 1.92. The van der Waals surface area contributed by atoms with E-state index < -0.39 is 0 Å². The van der Waals surface area contributed by atoms with Crippen LogP contribution in [0.15, 0.2) is 12.3 Å². The van der Waals surface area contributed by atoms with E-state index in [1.165, 1.54) is 6.92 Å². The summed E-state index contributed by atoms with van der Waals surface area (Å²) in [4.78, 5) is 18.8. The van der Waals surface area contributed by atoms with Crippen molar-refractivity contribution in [2.75, 3.05) is 11.9 Å². The quantitative estimate of drug-likeness (QED) is 0.749. The molecule has 1 aromatic heterocycles. The Hall–Kier alpha value is -1.65. The number of anilines is 1. The maximum atomic E-state index is 10.8. The van der Waals surface area contributed by atoms with Crippen molar-refractivity contribution in [1.82, 2.24) is 9.97 Å². The third kappa shape index (κ3) is 4.72. The van der Waals surface area contributed by atoms with E-state index in [4.69, 9.17) is 4.74 Å². The molecule has 0 radical (unpaired) electrons. The monoisotopic (exact) mass is 223 g/mol. The van der Waals surface area contributed by atoms with Gasteiger partial charge in [-0.15, -0.1) is 0 Å². The summed E-state index contributed by atoms with van der Waals surface area (Å²) in [6.07, 6.45) is 4.83. The lowest BCUT2D eigenvalue weighted by molar-refractivity contribution is -0.114. The maximum Gasteiger partial charge on any atom is 0.318 e. The van der Waals surface area contributed by atoms with Crippen molar-refractivity contribution in [3.63, 3.8) is 0 Å². The fourth-order valence-electron chi connectivity index (χ4n) is 1.18. The fourth-order valence-corrected chi connectivity index (χ4v) is 1.18. The first kappa shape index (κ1) is 12.4. The zero-order valence-corrected chi connectivity index (χ0v) is 9.69. The largest absolute Gasteiger partial charge is 0.463 e. The molecule has 1 heterocycles. The van der Waals surface area contributed by atoms with Gasteiger partial charge in [-0.3, -0.25) is 4.79 Å². The highest BCUT2D eigenvalue weighted by molar-refractivity contribution is 5.87. The van der Waals surface area contributed by atoms with Gasteiger partial charge in [0.05, 0.1) is 6.61 Å². The van der Waals surface area contributed by atoms with Crippen LogP contribution in [0.2, 0.25) is 0 Å². The number of hydrogen-bond donors (Lipinski definition) is 1. The molecule has 0 aliphatic heterocycles. The van der Waals surface area contributed by atoms with Gasteiger partial charge in [0.25, 0.3) is 0 Å². The number of rotatable bonds is 6. The minimum absolute atomic E-state index is 0.157. The molecular formula is C11H17N3O2. The van der Waals surface area contributed by atoms with Gasteiger partial charge in [-0.05, 0) is 12.5 Å². The summed E-state index contributed by atoms with van der Waals surface area (Å²) in [5, 5.41) is 2.58. The summed E-state index contributed by atoms with van der Waals surface area (Å²) < 4.78 is 5.36. The summed E-state index contributed by atoms with van der Waals surface area (Å²) in [6, 6.07) is 1.93. The summed E-state index contributed by atoms with van der Waals surface area (Å²) in [5.41, 5.74) is 0. The van der Waals surface area contributed by atoms with Crippen molar-refractivity contribution >= 4 is 11.7 Å². The first-order chi connectivity index (χ1) is 7.72. The van der Waals surface area contributed by atoms with Crippen LogP contribution in [0.1, 0.15) is 33.1 Å². The van der Waals surface area contributed by atoms with Crippen molar-refractivity contribution in [2.45, 2.75) is 33.1 Å². The Labute approximate surface area is 95.3 Å². The normalized spacial score (nSPS) is 9.88. The summed E-state index contributed by atoms with van der Waals surface area (Å²) in [6.45, 7) is 4.18. The highest BCUT2D eigenvalue weighted by Crippen LogP contribution is 2.08. The predicted octanol–water partition coefficient (Wildman–Crippen LogP) is 2.00. The van der Waals surface area contributed by atoms with Gasteiger partial charge in [0.15, 0.2) is 0 Å². The van der Waals surface area contributed by atoms with Gasteiger partial charge in [0, 0.05) is 13.1 Å². The Morgan fingerprint density at radius 2 is 2.31 bits per heavy atom. The molecule has 0 aliphatic carbocycles. The second-order valence-electron chi connectivity index (χ2n) is 3.46. The molecule has 0 aliphatic rings. The van der Waals surface area contributed by atoms with Gasteiger partial charge in [-0.25, -0.2) is 4.98 Å². The van der Waals surface area contributed by atoms with Crippen LogP contribution in [0, 0.1) is 0 Å². The van der Waals surface area contributed by atoms with Crippen LogP contribution in [0.5, 0.6) is 6.01 Å². The second kappa shape index (κ2) is 6.76. The zero-order chi connectivity index (χ0) is 11.8. The van der Waals surface area contributed by atoms with E-state index >= 15 is 0 Å². The molecule has 5 heteroatoms. The molecule has 0 aromatic carbocycles. The van der Waals surface area contributed by atoms with Crippen LogP contribution in [0.25, 0.3) is 0 Å². The number of nitrogens with one attached hydrogen (secondary N) is 1. The minimum atomic E-state index is -0.157. The molecule has 5 nitrogen and oxygen atoms in total. The summed E-state index contributed by atoms with van der Waals surface area (Å²) in [7, 11) is 0. The van der Waals surface area contributed by atoms with Gasteiger partial charge in [-0.1, -0.05) is 19.8 Å². The molecule has 0 fully saturated rings. The number of aromatic nitrogens is 2. The Morgan fingerprint density at radius 3 is 3.00 bits per heavy atom. The molecule has 0 saturated heterocycles. The lowest BCUT2D eigenvalue weighted by Crippen LogP contribution is -2.09. The lowest BCUT2D eigenvalue weighted by atomic mass is 10.3. The van der Waals surface area contributed by atoms with E-state index in [9.17, 15) is 4.79 Å². The summed E-state index contributed by atoms with van der Waals surface area (Å²) >= 11 is 0. The van der Waals surface area contributed by atoms with E-state index in [2.05, 4.69) is 22.2 Å². The first-order valence-corrected chi connectivity index (χ1v) is 5.46. The predicted molar refractivity (Wildman–Crippen MR) is 61.4 cm³/mol. The molecule has 88 valence electrons. The molecule has 1 N–H and O–H groups in total. The maximum absolute atomic E-state index is 10.8. The number of hydrogen-bond acceptors (Lipinski definition) is 4. The lowest BCUT2D eigenvalue weighted by Gasteiger charge is -2.05. The van der Waals surface area contributed by atoms with Gasteiger partial charge >= 0.3 is 6.01 Å². The van der Waals surface area contributed by atoms with Crippen molar-refractivity contribution in [3.8, 4) is 6.01 Å². The van der Waals surface area contributed by atoms with Gasteiger partial charge in [0.1, 0.15) is 5.82 Å². The molecule has 0 spiro atoms. The van der Waals surface area contributed by atoms with E-state index in [0.717, 1.165) is 19.3 Å². The standard InChI is InChI=1S/C11H17N3O2/c1-3-4-5-8-16-11-12-7-6-10(14-11)13-9(2)15/h6-7H,3-5,8H2,1-2H3,(H,12,13,14,15).